The molecule has 1 heterocycles. The van der Waals surface area contributed by atoms with Crippen molar-refractivity contribution >= 4 is 11.7 Å². The molecule has 2 rings (SSSR count). The van der Waals surface area contributed by atoms with Crippen LogP contribution >= 0.6 is 0 Å². The van der Waals surface area contributed by atoms with E-state index in [0.29, 0.717) is 12.5 Å². The summed E-state index contributed by atoms with van der Waals surface area (Å²) in [6.07, 6.45) is 3.37. The van der Waals surface area contributed by atoms with E-state index in [4.69, 9.17) is 0 Å². The topological polar surface area (TPSA) is 53.2 Å². The van der Waals surface area contributed by atoms with Gasteiger partial charge in [-0.15, -0.1) is 0 Å². The van der Waals surface area contributed by atoms with E-state index >= 15 is 0 Å². The van der Waals surface area contributed by atoms with Crippen molar-refractivity contribution in [2.45, 2.75) is 32.2 Å². The fourth-order valence-corrected chi connectivity index (χ4v) is 2.71. The summed E-state index contributed by atoms with van der Waals surface area (Å²) in [6, 6.07) is 2.81. The summed E-state index contributed by atoms with van der Waals surface area (Å²) < 4.78 is 26.2. The van der Waals surface area contributed by atoms with Crippen molar-refractivity contribution in [1.29, 1.82) is 0 Å². The van der Waals surface area contributed by atoms with Gasteiger partial charge >= 0.3 is 6.03 Å². The van der Waals surface area contributed by atoms with Gasteiger partial charge < -0.3 is 16.0 Å². The maximum absolute atomic E-state index is 13.4. The van der Waals surface area contributed by atoms with Crippen molar-refractivity contribution < 1.29 is 13.6 Å². The number of halogens is 2. The second-order valence-corrected chi connectivity index (χ2v) is 5.33. The van der Waals surface area contributed by atoms with Gasteiger partial charge in [-0.05, 0) is 37.4 Å². The Balaban J connectivity index is 1.84. The molecular weight excluding hydrogens is 276 g/mol. The summed E-state index contributed by atoms with van der Waals surface area (Å²) >= 11 is 0. The zero-order valence-corrected chi connectivity index (χ0v) is 12.1. The van der Waals surface area contributed by atoms with Crippen LogP contribution in [0.2, 0.25) is 0 Å². The molecule has 1 saturated heterocycles. The highest BCUT2D eigenvalue weighted by Gasteiger charge is 2.23. The predicted octanol–water partition coefficient (Wildman–Crippen LogP) is 2.86. The van der Waals surface area contributed by atoms with E-state index in [2.05, 4.69) is 22.9 Å². The monoisotopic (exact) mass is 297 g/mol. The van der Waals surface area contributed by atoms with Crippen LogP contribution in [0.3, 0.4) is 0 Å². The van der Waals surface area contributed by atoms with E-state index < -0.39 is 17.7 Å². The number of hydrogen-bond donors (Lipinski definition) is 3. The van der Waals surface area contributed by atoms with Gasteiger partial charge in [0.2, 0.25) is 0 Å². The van der Waals surface area contributed by atoms with Gasteiger partial charge in [0.25, 0.3) is 0 Å². The Kier molecular flexibility index (Phi) is 5.50. The van der Waals surface area contributed by atoms with Crippen molar-refractivity contribution in [2.24, 2.45) is 5.92 Å². The zero-order valence-electron chi connectivity index (χ0n) is 12.1. The molecule has 4 nitrogen and oxygen atoms in total. The molecule has 0 saturated carbocycles. The van der Waals surface area contributed by atoms with Crippen molar-refractivity contribution in [2.75, 3.05) is 18.4 Å². The summed E-state index contributed by atoms with van der Waals surface area (Å²) in [7, 11) is 0. The number of benzene rings is 1. The molecule has 0 aliphatic carbocycles. The quantitative estimate of drug-likeness (QED) is 0.800. The van der Waals surface area contributed by atoms with Gasteiger partial charge in [0, 0.05) is 18.7 Å². The molecule has 1 aromatic rings. The lowest BCUT2D eigenvalue weighted by Gasteiger charge is -2.32. The third kappa shape index (κ3) is 4.39. The highest BCUT2D eigenvalue weighted by atomic mass is 19.1. The molecule has 0 spiro atoms. The number of nitrogens with one attached hydrogen (secondary N) is 3. The van der Waals surface area contributed by atoms with Gasteiger partial charge in [0.1, 0.15) is 11.6 Å². The molecule has 1 aliphatic rings. The number of anilines is 1. The molecule has 21 heavy (non-hydrogen) atoms. The second-order valence-electron chi connectivity index (χ2n) is 5.33. The summed E-state index contributed by atoms with van der Waals surface area (Å²) in [5.41, 5.74) is -0.0301. The Morgan fingerprint density at radius 2 is 2.24 bits per heavy atom. The van der Waals surface area contributed by atoms with Crippen LogP contribution in [-0.2, 0) is 0 Å². The van der Waals surface area contributed by atoms with Crippen LogP contribution < -0.4 is 16.0 Å². The first-order valence-corrected chi connectivity index (χ1v) is 7.33. The minimum Gasteiger partial charge on any atom is -0.336 e. The molecule has 0 bridgehead atoms. The predicted molar refractivity (Wildman–Crippen MR) is 78.2 cm³/mol. The van der Waals surface area contributed by atoms with Gasteiger partial charge in [0.15, 0.2) is 0 Å². The molecule has 3 N–H and O–H groups in total. The number of carbonyl (C=O) groups excluding carboxylic acids is 1. The minimum absolute atomic E-state index is 0.0301. The molecule has 0 aromatic heterocycles. The lowest BCUT2D eigenvalue weighted by Crippen LogP contribution is -2.49. The van der Waals surface area contributed by atoms with Gasteiger partial charge in [-0.1, -0.05) is 13.3 Å². The molecule has 6 heteroatoms. The molecule has 0 radical (unpaired) electrons. The van der Waals surface area contributed by atoms with Crippen molar-refractivity contribution in [3.05, 3.63) is 29.8 Å². The van der Waals surface area contributed by atoms with Crippen LogP contribution in [0.25, 0.3) is 0 Å². The van der Waals surface area contributed by atoms with E-state index in [1.807, 2.05) is 0 Å². The fraction of sp³-hybridized carbons (Fsp3) is 0.533. The molecule has 1 fully saturated rings. The maximum Gasteiger partial charge on any atom is 0.319 e. The summed E-state index contributed by atoms with van der Waals surface area (Å²) in [6.45, 7) is 3.59. The number of hydrogen-bond acceptors (Lipinski definition) is 2. The molecule has 2 amide bonds. The Morgan fingerprint density at radius 1 is 1.43 bits per heavy atom. The standard InChI is InChI=1S/C15H21F2N3O/c1-2-10-4-3-7-18-14(10)9-19-15(21)20-13-6-5-11(16)8-12(13)17/h5-6,8,10,14,18H,2-4,7,9H2,1H3,(H2,19,20,21). The maximum atomic E-state index is 13.4. The largest absolute Gasteiger partial charge is 0.336 e. The molecule has 2 unspecified atom stereocenters. The van der Waals surface area contributed by atoms with Crippen LogP contribution in [0.4, 0.5) is 19.3 Å². The Bertz CT molecular complexity index is 496. The van der Waals surface area contributed by atoms with Crippen LogP contribution in [0.15, 0.2) is 18.2 Å². The number of rotatable bonds is 4. The van der Waals surface area contributed by atoms with E-state index in [-0.39, 0.29) is 11.7 Å². The summed E-state index contributed by atoms with van der Waals surface area (Å²) in [5.74, 6) is -0.912. The van der Waals surface area contributed by atoms with E-state index in [0.717, 1.165) is 37.9 Å². The van der Waals surface area contributed by atoms with Gasteiger partial charge in [0.05, 0.1) is 5.69 Å². The van der Waals surface area contributed by atoms with E-state index in [1.165, 1.54) is 6.07 Å². The Morgan fingerprint density at radius 3 is 2.95 bits per heavy atom. The van der Waals surface area contributed by atoms with E-state index in [9.17, 15) is 13.6 Å². The van der Waals surface area contributed by atoms with Crippen LogP contribution in [0.1, 0.15) is 26.2 Å². The number of piperidine rings is 1. The fourth-order valence-electron chi connectivity index (χ4n) is 2.71. The highest BCUT2D eigenvalue weighted by molar-refractivity contribution is 5.89. The van der Waals surface area contributed by atoms with Crippen LogP contribution in [0, 0.1) is 17.6 Å². The lowest BCUT2D eigenvalue weighted by molar-refractivity contribution is 0.239. The normalized spacial score (nSPS) is 21.9. The van der Waals surface area contributed by atoms with Gasteiger partial charge in [-0.2, -0.15) is 0 Å². The average molecular weight is 297 g/mol. The van der Waals surface area contributed by atoms with Crippen molar-refractivity contribution in [1.82, 2.24) is 10.6 Å². The van der Waals surface area contributed by atoms with Crippen LogP contribution in [0.5, 0.6) is 0 Å². The minimum atomic E-state index is -0.785. The first-order chi connectivity index (χ1) is 10.1. The highest BCUT2D eigenvalue weighted by Crippen LogP contribution is 2.19. The second kappa shape index (κ2) is 7.36. The van der Waals surface area contributed by atoms with Gasteiger partial charge in [-0.25, -0.2) is 13.6 Å². The number of amides is 2. The smallest absolute Gasteiger partial charge is 0.319 e. The van der Waals surface area contributed by atoms with Crippen LogP contribution in [-0.4, -0.2) is 25.2 Å². The van der Waals surface area contributed by atoms with Crippen molar-refractivity contribution in [3.63, 3.8) is 0 Å². The van der Waals surface area contributed by atoms with E-state index in [1.54, 1.807) is 0 Å². The summed E-state index contributed by atoms with van der Waals surface area (Å²) in [4.78, 5) is 11.8. The first-order valence-electron chi connectivity index (χ1n) is 7.33. The molecule has 1 aliphatic heterocycles. The van der Waals surface area contributed by atoms with Gasteiger partial charge in [-0.3, -0.25) is 0 Å². The third-order valence-corrected chi connectivity index (χ3v) is 3.91. The SMILES string of the molecule is CCC1CCCNC1CNC(=O)Nc1ccc(F)cc1F. The first kappa shape index (κ1) is 15.7. The zero-order chi connectivity index (χ0) is 15.2. The number of carbonyl (C=O) groups is 1. The number of urea groups is 1. The third-order valence-electron chi connectivity index (χ3n) is 3.91. The summed E-state index contributed by atoms with van der Waals surface area (Å²) in [5, 5.41) is 8.52. The average Bonchev–Trinajstić information content (AvgIpc) is 2.48. The Hall–Kier alpha value is -1.69. The van der Waals surface area contributed by atoms with Crippen molar-refractivity contribution in [3.8, 4) is 0 Å². The molecular formula is C15H21F2N3O. The Labute approximate surface area is 123 Å². The molecule has 2 atom stereocenters. The lowest BCUT2D eigenvalue weighted by atomic mass is 9.89. The molecule has 1 aromatic carbocycles. The molecule has 116 valence electrons.